The van der Waals surface area contributed by atoms with Crippen molar-refractivity contribution in [3.05, 3.63) is 57.6 Å². The largest absolute Gasteiger partial charge is 0.341 e. The van der Waals surface area contributed by atoms with Crippen LogP contribution in [0.3, 0.4) is 0 Å². The molecular weight excluding hydrogens is 364 g/mol. The Morgan fingerprint density at radius 1 is 1.03 bits per heavy atom. The standard InChI is InChI=1S/C22H26N6O/c1-14-7-8-18(15(2)11-14)25-21-26-19(12-20(29)27-21)17-13-23-22(24-16(17)3)28-9-5-4-6-10-28/h7-8,11-13H,4-6,9-10H2,1-3H3,(H2,25,26,27,29). The SMILES string of the molecule is Cc1ccc(Nc2nc(-c3cnc(N4CCCCC4)nc3C)cc(=O)[nH]2)c(C)c1. The molecule has 150 valence electrons. The quantitative estimate of drug-likeness (QED) is 0.703. The van der Waals surface area contributed by atoms with E-state index in [1.54, 1.807) is 6.20 Å². The van der Waals surface area contributed by atoms with Crippen LogP contribution < -0.4 is 15.8 Å². The number of nitrogens with one attached hydrogen (secondary N) is 2. The van der Waals surface area contributed by atoms with Crippen LogP contribution in [0, 0.1) is 20.8 Å². The summed E-state index contributed by atoms with van der Waals surface area (Å²) in [4.78, 5) is 31.1. The third-order valence-corrected chi connectivity index (χ3v) is 5.26. The summed E-state index contributed by atoms with van der Waals surface area (Å²) < 4.78 is 0. The summed E-state index contributed by atoms with van der Waals surface area (Å²) >= 11 is 0. The fraction of sp³-hybridized carbons (Fsp3) is 0.364. The highest BCUT2D eigenvalue weighted by atomic mass is 16.1. The summed E-state index contributed by atoms with van der Waals surface area (Å²) in [5, 5.41) is 3.22. The Bertz CT molecular complexity index is 1080. The second-order valence-corrected chi connectivity index (χ2v) is 7.64. The molecule has 0 bridgehead atoms. The third kappa shape index (κ3) is 4.29. The topological polar surface area (TPSA) is 86.8 Å². The Kier molecular flexibility index (Phi) is 5.29. The number of hydrogen-bond acceptors (Lipinski definition) is 6. The maximum atomic E-state index is 12.3. The molecule has 7 heteroatoms. The lowest BCUT2D eigenvalue weighted by atomic mass is 10.1. The van der Waals surface area contributed by atoms with Gasteiger partial charge in [0.1, 0.15) is 0 Å². The fourth-order valence-electron chi connectivity index (χ4n) is 3.69. The van der Waals surface area contributed by atoms with Gasteiger partial charge in [-0.1, -0.05) is 17.7 Å². The maximum absolute atomic E-state index is 12.3. The number of aromatic amines is 1. The number of anilines is 3. The zero-order valence-electron chi connectivity index (χ0n) is 17.1. The van der Waals surface area contributed by atoms with Crippen LogP contribution in [0.5, 0.6) is 0 Å². The van der Waals surface area contributed by atoms with E-state index in [2.05, 4.69) is 36.2 Å². The van der Waals surface area contributed by atoms with E-state index >= 15 is 0 Å². The number of hydrogen-bond donors (Lipinski definition) is 2. The number of aryl methyl sites for hydroxylation is 3. The molecule has 0 saturated carbocycles. The van der Waals surface area contributed by atoms with E-state index in [-0.39, 0.29) is 5.56 Å². The predicted octanol–water partition coefficient (Wildman–Crippen LogP) is 3.89. The van der Waals surface area contributed by atoms with Gasteiger partial charge in [-0.2, -0.15) is 0 Å². The predicted molar refractivity (Wildman–Crippen MR) is 116 cm³/mol. The molecule has 4 rings (SSSR count). The molecule has 2 N–H and O–H groups in total. The second-order valence-electron chi connectivity index (χ2n) is 7.64. The highest BCUT2D eigenvalue weighted by molar-refractivity contribution is 5.65. The van der Waals surface area contributed by atoms with Crippen LogP contribution >= 0.6 is 0 Å². The van der Waals surface area contributed by atoms with E-state index < -0.39 is 0 Å². The van der Waals surface area contributed by atoms with Crippen LogP contribution in [0.1, 0.15) is 36.1 Å². The lowest BCUT2D eigenvalue weighted by molar-refractivity contribution is 0.568. The number of benzene rings is 1. The van der Waals surface area contributed by atoms with E-state index in [9.17, 15) is 4.79 Å². The number of aromatic nitrogens is 4. The summed E-state index contributed by atoms with van der Waals surface area (Å²) in [5.41, 5.74) is 5.10. The molecule has 0 radical (unpaired) electrons. The van der Waals surface area contributed by atoms with Gasteiger partial charge < -0.3 is 10.2 Å². The van der Waals surface area contributed by atoms with Crippen molar-refractivity contribution >= 4 is 17.6 Å². The van der Waals surface area contributed by atoms with Gasteiger partial charge in [0.2, 0.25) is 11.9 Å². The molecular formula is C22H26N6O. The maximum Gasteiger partial charge on any atom is 0.252 e. The van der Waals surface area contributed by atoms with Gasteiger partial charge in [0.15, 0.2) is 0 Å². The Morgan fingerprint density at radius 3 is 2.55 bits per heavy atom. The van der Waals surface area contributed by atoms with Gasteiger partial charge in [0, 0.05) is 36.6 Å². The van der Waals surface area contributed by atoms with Crippen molar-refractivity contribution < 1.29 is 0 Å². The minimum atomic E-state index is -0.221. The fourth-order valence-corrected chi connectivity index (χ4v) is 3.69. The van der Waals surface area contributed by atoms with E-state index in [0.29, 0.717) is 11.6 Å². The van der Waals surface area contributed by atoms with Crippen LogP contribution in [0.2, 0.25) is 0 Å². The number of H-pyrrole nitrogens is 1. The van der Waals surface area contributed by atoms with Crippen molar-refractivity contribution in [2.45, 2.75) is 40.0 Å². The van der Waals surface area contributed by atoms with E-state index in [1.165, 1.54) is 30.9 Å². The zero-order chi connectivity index (χ0) is 20.4. The average Bonchev–Trinajstić information content (AvgIpc) is 2.70. The van der Waals surface area contributed by atoms with Crippen LogP contribution in [0.4, 0.5) is 17.6 Å². The molecule has 0 spiro atoms. The Hall–Kier alpha value is -3.22. The third-order valence-electron chi connectivity index (χ3n) is 5.26. The molecule has 1 fully saturated rings. The van der Waals surface area contributed by atoms with Crippen LogP contribution in [-0.2, 0) is 0 Å². The minimum Gasteiger partial charge on any atom is -0.341 e. The van der Waals surface area contributed by atoms with Crippen LogP contribution in [0.25, 0.3) is 11.3 Å². The Balaban J connectivity index is 1.64. The molecule has 0 aliphatic carbocycles. The van der Waals surface area contributed by atoms with Crippen LogP contribution in [0.15, 0.2) is 35.3 Å². The van der Waals surface area contributed by atoms with Crippen molar-refractivity contribution in [2.75, 3.05) is 23.3 Å². The first-order valence-electron chi connectivity index (χ1n) is 10.0. The molecule has 1 saturated heterocycles. The number of rotatable bonds is 4. The van der Waals surface area contributed by atoms with Crippen molar-refractivity contribution in [1.82, 2.24) is 19.9 Å². The van der Waals surface area contributed by atoms with Gasteiger partial charge >= 0.3 is 0 Å². The van der Waals surface area contributed by atoms with Crippen molar-refractivity contribution in [2.24, 2.45) is 0 Å². The molecule has 3 aromatic rings. The Morgan fingerprint density at radius 2 is 1.83 bits per heavy atom. The van der Waals surface area contributed by atoms with Gasteiger partial charge in [-0.15, -0.1) is 0 Å². The summed E-state index contributed by atoms with van der Waals surface area (Å²) in [7, 11) is 0. The first-order valence-corrected chi connectivity index (χ1v) is 10.0. The molecule has 1 aromatic carbocycles. The lowest BCUT2D eigenvalue weighted by Gasteiger charge is -2.26. The van der Waals surface area contributed by atoms with Crippen LogP contribution in [-0.4, -0.2) is 33.0 Å². The summed E-state index contributed by atoms with van der Waals surface area (Å²) in [6.45, 7) is 7.99. The summed E-state index contributed by atoms with van der Waals surface area (Å²) in [6, 6.07) is 7.58. The number of piperidine rings is 1. The zero-order valence-corrected chi connectivity index (χ0v) is 17.1. The average molecular weight is 390 g/mol. The van der Waals surface area contributed by atoms with E-state index in [1.807, 2.05) is 32.9 Å². The summed E-state index contributed by atoms with van der Waals surface area (Å²) in [5.74, 6) is 1.16. The minimum absolute atomic E-state index is 0.221. The van der Waals surface area contributed by atoms with E-state index in [4.69, 9.17) is 0 Å². The number of nitrogens with zero attached hydrogens (tertiary/aromatic N) is 4. The molecule has 0 unspecified atom stereocenters. The molecule has 3 heterocycles. The van der Waals surface area contributed by atoms with Gasteiger partial charge in [-0.3, -0.25) is 9.78 Å². The highest BCUT2D eigenvalue weighted by Gasteiger charge is 2.16. The van der Waals surface area contributed by atoms with E-state index in [0.717, 1.165) is 41.5 Å². The van der Waals surface area contributed by atoms with Crippen molar-refractivity contribution in [1.29, 1.82) is 0 Å². The van der Waals surface area contributed by atoms with Crippen molar-refractivity contribution in [3.63, 3.8) is 0 Å². The lowest BCUT2D eigenvalue weighted by Crippen LogP contribution is -2.31. The Labute approximate surface area is 170 Å². The molecule has 1 aliphatic rings. The first-order chi connectivity index (χ1) is 14.0. The normalized spacial score (nSPS) is 14.1. The van der Waals surface area contributed by atoms with Gasteiger partial charge in [0.05, 0.1) is 11.4 Å². The summed E-state index contributed by atoms with van der Waals surface area (Å²) in [6.07, 6.45) is 5.38. The van der Waals surface area contributed by atoms with Gasteiger partial charge in [0.25, 0.3) is 5.56 Å². The highest BCUT2D eigenvalue weighted by Crippen LogP contribution is 2.24. The van der Waals surface area contributed by atoms with Crippen molar-refractivity contribution in [3.8, 4) is 11.3 Å². The molecule has 2 aromatic heterocycles. The molecule has 0 atom stereocenters. The second kappa shape index (κ2) is 8.03. The molecule has 7 nitrogen and oxygen atoms in total. The smallest absolute Gasteiger partial charge is 0.252 e. The molecule has 1 aliphatic heterocycles. The molecule has 0 amide bonds. The molecule has 29 heavy (non-hydrogen) atoms. The van der Waals surface area contributed by atoms with Gasteiger partial charge in [-0.25, -0.2) is 15.0 Å². The van der Waals surface area contributed by atoms with Gasteiger partial charge in [-0.05, 0) is 51.7 Å². The monoisotopic (exact) mass is 390 g/mol. The first kappa shape index (κ1) is 19.1.